The highest BCUT2D eigenvalue weighted by Gasteiger charge is 2.43. The first kappa shape index (κ1) is 16.0. The number of hydrogen-bond donors (Lipinski definition) is 1. The highest BCUT2D eigenvalue weighted by Crippen LogP contribution is 2.42. The summed E-state index contributed by atoms with van der Waals surface area (Å²) in [4.78, 5) is 28.7. The van der Waals surface area contributed by atoms with Crippen LogP contribution in [-0.2, 0) is 11.3 Å². The van der Waals surface area contributed by atoms with Crippen molar-refractivity contribution in [1.82, 2.24) is 9.55 Å². The van der Waals surface area contributed by atoms with Crippen LogP contribution >= 0.6 is 0 Å². The van der Waals surface area contributed by atoms with Crippen LogP contribution in [-0.4, -0.2) is 21.8 Å². The minimum absolute atomic E-state index is 0.122. The Labute approximate surface area is 144 Å². The quantitative estimate of drug-likeness (QED) is 0.776. The van der Waals surface area contributed by atoms with Crippen LogP contribution in [0.25, 0.3) is 10.9 Å². The third-order valence-electron chi connectivity index (χ3n) is 3.73. The molecule has 0 saturated carbocycles. The highest BCUT2D eigenvalue weighted by molar-refractivity contribution is 5.91. The van der Waals surface area contributed by atoms with Gasteiger partial charge in [-0.05, 0) is 24.3 Å². The standard InChI is InChI=1S/C17H11F2N3O4/c18-17(19)25-13-6-5-10(7-14(13)26-17)21-15(23)8-22-9-20-12-4-2-1-3-11(12)16(22)24/h1-7,9H,8H2,(H,21,23). The van der Waals surface area contributed by atoms with Gasteiger partial charge in [-0.15, -0.1) is 8.78 Å². The lowest BCUT2D eigenvalue weighted by Gasteiger charge is -2.08. The van der Waals surface area contributed by atoms with Crippen molar-refractivity contribution in [2.45, 2.75) is 12.8 Å². The largest absolute Gasteiger partial charge is 0.586 e. The van der Waals surface area contributed by atoms with E-state index in [1.807, 2.05) is 0 Å². The van der Waals surface area contributed by atoms with Crippen molar-refractivity contribution in [2.24, 2.45) is 0 Å². The number of nitrogens with one attached hydrogen (secondary N) is 1. The number of hydrogen-bond acceptors (Lipinski definition) is 5. The summed E-state index contributed by atoms with van der Waals surface area (Å²) in [7, 11) is 0. The van der Waals surface area contributed by atoms with Gasteiger partial charge in [0.1, 0.15) is 6.54 Å². The van der Waals surface area contributed by atoms with E-state index in [-0.39, 0.29) is 29.3 Å². The molecule has 9 heteroatoms. The van der Waals surface area contributed by atoms with Crippen molar-refractivity contribution in [3.63, 3.8) is 0 Å². The van der Waals surface area contributed by atoms with E-state index in [0.717, 1.165) is 0 Å². The number of rotatable bonds is 3. The van der Waals surface area contributed by atoms with Crippen LogP contribution in [0, 0.1) is 0 Å². The number of fused-ring (bicyclic) bond motifs is 2. The fourth-order valence-corrected chi connectivity index (χ4v) is 2.60. The van der Waals surface area contributed by atoms with Crippen molar-refractivity contribution in [3.8, 4) is 11.5 Å². The molecule has 0 spiro atoms. The van der Waals surface area contributed by atoms with Gasteiger partial charge < -0.3 is 14.8 Å². The minimum atomic E-state index is -3.73. The Bertz CT molecular complexity index is 1080. The lowest BCUT2D eigenvalue weighted by atomic mass is 10.2. The van der Waals surface area contributed by atoms with Crippen LogP contribution in [0.4, 0.5) is 14.5 Å². The molecule has 3 aromatic rings. The Kier molecular flexibility index (Phi) is 3.57. The first-order valence-electron chi connectivity index (χ1n) is 7.55. The Balaban J connectivity index is 1.52. The van der Waals surface area contributed by atoms with Gasteiger partial charge in [-0.2, -0.15) is 0 Å². The number of carbonyl (C=O) groups is 1. The van der Waals surface area contributed by atoms with Gasteiger partial charge in [0, 0.05) is 11.8 Å². The number of nitrogens with zero attached hydrogens (tertiary/aromatic N) is 2. The van der Waals surface area contributed by atoms with Crippen LogP contribution in [0.15, 0.2) is 53.6 Å². The van der Waals surface area contributed by atoms with Crippen LogP contribution in [0.1, 0.15) is 0 Å². The topological polar surface area (TPSA) is 82.5 Å². The molecule has 1 aliphatic heterocycles. The third kappa shape index (κ3) is 2.94. The van der Waals surface area contributed by atoms with Gasteiger partial charge in [-0.25, -0.2) is 4.98 Å². The second kappa shape index (κ2) is 5.80. The first-order valence-corrected chi connectivity index (χ1v) is 7.55. The summed E-state index contributed by atoms with van der Waals surface area (Å²) in [6.45, 7) is -0.277. The van der Waals surface area contributed by atoms with Gasteiger partial charge in [-0.3, -0.25) is 14.2 Å². The molecular formula is C17H11F2N3O4. The second-order valence-corrected chi connectivity index (χ2v) is 5.57. The first-order chi connectivity index (χ1) is 12.4. The molecule has 26 heavy (non-hydrogen) atoms. The van der Waals surface area contributed by atoms with Crippen LogP contribution in [0.5, 0.6) is 11.5 Å². The number of benzene rings is 2. The van der Waals surface area contributed by atoms with Gasteiger partial charge in [0.25, 0.3) is 5.56 Å². The Morgan fingerprint density at radius 2 is 1.92 bits per heavy atom. The van der Waals surface area contributed by atoms with Gasteiger partial charge in [-0.1, -0.05) is 12.1 Å². The fourth-order valence-electron chi connectivity index (χ4n) is 2.60. The van der Waals surface area contributed by atoms with Gasteiger partial charge in [0.05, 0.1) is 17.2 Å². The molecule has 0 saturated heterocycles. The zero-order valence-corrected chi connectivity index (χ0v) is 13.1. The summed E-state index contributed by atoms with van der Waals surface area (Å²) in [6.07, 6.45) is -2.44. The van der Waals surface area contributed by atoms with Crippen LogP contribution in [0.3, 0.4) is 0 Å². The molecule has 1 aromatic heterocycles. The number of anilines is 1. The molecule has 0 unspecified atom stereocenters. The van der Waals surface area contributed by atoms with Crippen molar-refractivity contribution in [1.29, 1.82) is 0 Å². The van der Waals surface area contributed by atoms with Gasteiger partial charge >= 0.3 is 6.29 Å². The predicted molar refractivity (Wildman–Crippen MR) is 87.3 cm³/mol. The average Bonchev–Trinajstić information content (AvgIpc) is 2.91. The van der Waals surface area contributed by atoms with E-state index >= 15 is 0 Å². The summed E-state index contributed by atoms with van der Waals surface area (Å²) in [6, 6.07) is 10.7. The molecule has 2 heterocycles. The van der Waals surface area contributed by atoms with Crippen molar-refractivity contribution < 1.29 is 23.0 Å². The van der Waals surface area contributed by atoms with E-state index in [1.54, 1.807) is 24.3 Å². The number of ether oxygens (including phenoxy) is 2. The molecule has 4 rings (SSSR count). The van der Waals surface area contributed by atoms with E-state index in [2.05, 4.69) is 19.8 Å². The molecule has 7 nitrogen and oxygen atoms in total. The summed E-state index contributed by atoms with van der Waals surface area (Å²) >= 11 is 0. The molecule has 1 N–H and O–H groups in total. The normalized spacial score (nSPS) is 14.4. The summed E-state index contributed by atoms with van der Waals surface area (Å²) in [5.41, 5.74) is 0.416. The third-order valence-corrected chi connectivity index (χ3v) is 3.73. The molecule has 2 aromatic carbocycles. The van der Waals surface area contributed by atoms with E-state index in [9.17, 15) is 18.4 Å². The van der Waals surface area contributed by atoms with E-state index in [4.69, 9.17) is 0 Å². The van der Waals surface area contributed by atoms with E-state index < -0.39 is 12.2 Å². The number of alkyl halides is 2. The molecule has 0 atom stereocenters. The molecule has 0 radical (unpaired) electrons. The maximum absolute atomic E-state index is 13.0. The molecule has 1 amide bonds. The van der Waals surface area contributed by atoms with Crippen molar-refractivity contribution >= 4 is 22.5 Å². The highest BCUT2D eigenvalue weighted by atomic mass is 19.3. The Hall–Kier alpha value is -3.49. The maximum Gasteiger partial charge on any atom is 0.586 e. The van der Waals surface area contributed by atoms with Crippen molar-refractivity contribution in [2.75, 3.05) is 5.32 Å². The van der Waals surface area contributed by atoms with Crippen molar-refractivity contribution in [3.05, 3.63) is 59.1 Å². The zero-order chi connectivity index (χ0) is 18.3. The Morgan fingerprint density at radius 1 is 1.15 bits per heavy atom. The molecule has 1 aliphatic rings. The monoisotopic (exact) mass is 359 g/mol. The fraction of sp³-hybridized carbons (Fsp3) is 0.118. The summed E-state index contributed by atoms with van der Waals surface area (Å²) < 4.78 is 35.8. The Morgan fingerprint density at radius 3 is 2.77 bits per heavy atom. The second-order valence-electron chi connectivity index (χ2n) is 5.57. The SMILES string of the molecule is O=C(Cn1cnc2ccccc2c1=O)Nc1ccc2c(c1)OC(F)(F)O2. The zero-order valence-electron chi connectivity index (χ0n) is 13.1. The molecule has 0 aliphatic carbocycles. The van der Waals surface area contributed by atoms with Gasteiger partial charge in [0.15, 0.2) is 11.5 Å². The maximum atomic E-state index is 13.0. The van der Waals surface area contributed by atoms with E-state index in [0.29, 0.717) is 10.9 Å². The molecule has 0 bridgehead atoms. The smallest absolute Gasteiger partial charge is 0.395 e. The number of aromatic nitrogens is 2. The van der Waals surface area contributed by atoms with Gasteiger partial charge in [0.2, 0.25) is 5.91 Å². The average molecular weight is 359 g/mol. The summed E-state index contributed by atoms with van der Waals surface area (Å²) in [5, 5.41) is 2.91. The lowest BCUT2D eigenvalue weighted by molar-refractivity contribution is -0.286. The lowest BCUT2D eigenvalue weighted by Crippen LogP contribution is -2.27. The number of amides is 1. The van der Waals surface area contributed by atoms with Crippen LogP contribution < -0.4 is 20.3 Å². The predicted octanol–water partition coefficient (Wildman–Crippen LogP) is 2.36. The van der Waals surface area contributed by atoms with Crippen LogP contribution in [0.2, 0.25) is 0 Å². The number of para-hydroxylation sites is 1. The molecule has 132 valence electrons. The number of carbonyl (C=O) groups excluding carboxylic acids is 1. The van der Waals surface area contributed by atoms with E-state index in [1.165, 1.54) is 29.1 Å². The molecular weight excluding hydrogens is 348 g/mol. The summed E-state index contributed by atoms with van der Waals surface area (Å²) in [5.74, 6) is -0.824. The molecule has 0 fully saturated rings. The minimum Gasteiger partial charge on any atom is -0.395 e. The number of halogens is 2.